The Morgan fingerprint density at radius 1 is 1.27 bits per heavy atom. The smallest absolute Gasteiger partial charge is 0.194 e. The zero-order valence-corrected chi connectivity index (χ0v) is 8.72. The van der Waals surface area contributed by atoms with Gasteiger partial charge in [0.15, 0.2) is 8.03 Å². The van der Waals surface area contributed by atoms with Crippen molar-refractivity contribution in [3.63, 3.8) is 0 Å². The van der Waals surface area contributed by atoms with Crippen LogP contribution in [0.15, 0.2) is 0 Å². The highest BCUT2D eigenvalue weighted by molar-refractivity contribution is 7.40. The Hall–Kier alpha value is 0.190. The van der Waals surface area contributed by atoms with Gasteiger partial charge in [0.1, 0.15) is 0 Å². The molecule has 0 aromatic rings. The second kappa shape index (κ2) is 6.87. The lowest BCUT2D eigenvalue weighted by molar-refractivity contribution is 0.321. The Labute approximate surface area is 70.2 Å². The predicted octanol–water partition coefficient (Wildman–Crippen LogP) is 3.08. The van der Waals surface area contributed by atoms with E-state index in [-0.39, 0.29) is 0 Å². The molecule has 0 aliphatic carbocycles. The molecule has 0 aromatic heterocycles. The minimum Gasteiger partial charge on any atom is -0.330 e. The molecule has 0 saturated carbocycles. The summed E-state index contributed by atoms with van der Waals surface area (Å²) in [5.41, 5.74) is 0.298. The Kier molecular flexibility index (Phi) is 6.99. The van der Waals surface area contributed by atoms with Crippen molar-refractivity contribution in [1.82, 2.24) is 0 Å². The second-order valence-electron chi connectivity index (χ2n) is 2.68. The van der Waals surface area contributed by atoms with Crippen LogP contribution >= 0.6 is 8.03 Å². The van der Waals surface area contributed by atoms with Crippen molar-refractivity contribution in [2.45, 2.75) is 45.7 Å². The van der Waals surface area contributed by atoms with E-state index in [1.54, 1.807) is 0 Å². The quantitative estimate of drug-likeness (QED) is 0.584. The van der Waals surface area contributed by atoms with Gasteiger partial charge in [-0.25, -0.2) is 0 Å². The van der Waals surface area contributed by atoms with Crippen molar-refractivity contribution in [3.8, 4) is 0 Å². The molecule has 0 saturated heterocycles. The van der Waals surface area contributed by atoms with Crippen LogP contribution in [0.5, 0.6) is 0 Å². The fraction of sp³-hybridized carbons (Fsp3) is 1.00. The van der Waals surface area contributed by atoms with Gasteiger partial charge in [0.2, 0.25) is 0 Å². The first-order chi connectivity index (χ1) is 5.26. The van der Waals surface area contributed by atoms with Crippen molar-refractivity contribution in [2.24, 2.45) is 0 Å². The average molecular weight is 178 g/mol. The first-order valence-corrected chi connectivity index (χ1v) is 5.82. The zero-order chi connectivity index (χ0) is 8.69. The van der Waals surface area contributed by atoms with Crippen LogP contribution in [0.4, 0.5) is 0 Å². The number of hydrogen-bond acceptors (Lipinski definition) is 2. The van der Waals surface area contributed by atoms with E-state index in [1.807, 2.05) is 6.92 Å². The number of rotatable bonds is 6. The summed E-state index contributed by atoms with van der Waals surface area (Å²) in [5, 5.41) is 0. The Balaban J connectivity index is 3.61. The van der Waals surface area contributed by atoms with Gasteiger partial charge in [-0.2, -0.15) is 0 Å². The summed E-state index contributed by atoms with van der Waals surface area (Å²) < 4.78 is 16.5. The molecule has 11 heavy (non-hydrogen) atoms. The molecular formula is C8H19O2P. The third-order valence-electron chi connectivity index (χ3n) is 1.77. The average Bonchev–Trinajstić information content (AvgIpc) is 2.03. The summed E-state index contributed by atoms with van der Waals surface area (Å²) in [7, 11) is -1.74. The molecule has 0 aromatic carbocycles. The van der Waals surface area contributed by atoms with Crippen LogP contribution in [0.25, 0.3) is 0 Å². The molecule has 2 nitrogen and oxygen atoms in total. The zero-order valence-electron chi connectivity index (χ0n) is 7.72. The van der Waals surface area contributed by atoms with Gasteiger partial charge in [-0.1, -0.05) is 20.8 Å². The maximum absolute atomic E-state index is 11.3. The van der Waals surface area contributed by atoms with Gasteiger partial charge in [0.05, 0.1) is 6.61 Å². The Morgan fingerprint density at radius 3 is 2.18 bits per heavy atom. The third-order valence-corrected chi connectivity index (χ3v) is 3.74. The van der Waals surface area contributed by atoms with Gasteiger partial charge in [-0.3, -0.25) is 4.57 Å². The minimum absolute atomic E-state index is 0.298. The summed E-state index contributed by atoms with van der Waals surface area (Å²) in [6.07, 6.45) is 2.90. The number of hydrogen-bond donors (Lipinski definition) is 0. The molecule has 1 atom stereocenters. The molecule has 3 heteroatoms. The fourth-order valence-electron chi connectivity index (χ4n) is 0.943. The van der Waals surface area contributed by atoms with Crippen LogP contribution in [0.3, 0.4) is 0 Å². The first-order valence-electron chi connectivity index (χ1n) is 4.42. The Bertz CT molecular complexity index is 111. The van der Waals surface area contributed by atoms with Gasteiger partial charge < -0.3 is 4.52 Å². The molecule has 1 unspecified atom stereocenters. The molecule has 0 rings (SSSR count). The van der Waals surface area contributed by atoms with Crippen LogP contribution < -0.4 is 0 Å². The standard InChI is InChI=1S/C8H19O2P/c1-4-7-10-11(9)8(5-2)6-3/h8,11H,4-7H2,1-3H3. The highest BCUT2D eigenvalue weighted by Crippen LogP contribution is 2.33. The molecule has 0 bridgehead atoms. The maximum Gasteiger partial charge on any atom is 0.194 e. The Morgan fingerprint density at radius 2 is 1.82 bits per heavy atom. The van der Waals surface area contributed by atoms with E-state index in [9.17, 15) is 4.57 Å². The highest BCUT2D eigenvalue weighted by Gasteiger charge is 2.11. The van der Waals surface area contributed by atoms with Crippen molar-refractivity contribution in [3.05, 3.63) is 0 Å². The molecule has 0 radical (unpaired) electrons. The summed E-state index contributed by atoms with van der Waals surface area (Å²) in [4.78, 5) is 0. The van der Waals surface area contributed by atoms with Crippen molar-refractivity contribution in [1.29, 1.82) is 0 Å². The van der Waals surface area contributed by atoms with E-state index < -0.39 is 8.03 Å². The summed E-state index contributed by atoms with van der Waals surface area (Å²) in [6, 6.07) is 0. The third kappa shape index (κ3) is 4.60. The highest BCUT2D eigenvalue weighted by atomic mass is 31.1. The van der Waals surface area contributed by atoms with E-state index in [0.29, 0.717) is 12.3 Å². The summed E-state index contributed by atoms with van der Waals surface area (Å²) in [5.74, 6) is 0. The van der Waals surface area contributed by atoms with Gasteiger partial charge in [0.25, 0.3) is 0 Å². The summed E-state index contributed by atoms with van der Waals surface area (Å²) in [6.45, 7) is 6.80. The molecule has 0 aliphatic rings. The van der Waals surface area contributed by atoms with Crippen molar-refractivity contribution in [2.75, 3.05) is 6.61 Å². The SMILES string of the molecule is CCCO[PH](=O)C(CC)CC. The van der Waals surface area contributed by atoms with Crippen LogP contribution in [0, 0.1) is 0 Å². The van der Waals surface area contributed by atoms with Crippen LogP contribution in [0.1, 0.15) is 40.0 Å². The van der Waals surface area contributed by atoms with E-state index in [4.69, 9.17) is 4.52 Å². The van der Waals surface area contributed by atoms with Gasteiger partial charge in [-0.05, 0) is 19.3 Å². The van der Waals surface area contributed by atoms with Crippen molar-refractivity contribution < 1.29 is 9.09 Å². The lowest BCUT2D eigenvalue weighted by Crippen LogP contribution is -2.00. The van der Waals surface area contributed by atoms with Gasteiger partial charge >= 0.3 is 0 Å². The molecule has 0 heterocycles. The predicted molar refractivity (Wildman–Crippen MR) is 49.6 cm³/mol. The topological polar surface area (TPSA) is 26.3 Å². The van der Waals surface area contributed by atoms with Crippen molar-refractivity contribution >= 4 is 8.03 Å². The second-order valence-corrected chi connectivity index (χ2v) is 4.42. The minimum atomic E-state index is -1.74. The molecule has 68 valence electrons. The largest absolute Gasteiger partial charge is 0.330 e. The molecular weight excluding hydrogens is 159 g/mol. The van der Waals surface area contributed by atoms with Crippen LogP contribution in [-0.2, 0) is 9.09 Å². The summed E-state index contributed by atoms with van der Waals surface area (Å²) >= 11 is 0. The molecule has 0 aliphatic heterocycles. The normalized spacial score (nSPS) is 13.8. The lowest BCUT2D eigenvalue weighted by Gasteiger charge is -2.11. The molecule has 0 spiro atoms. The lowest BCUT2D eigenvalue weighted by atomic mass is 10.3. The first kappa shape index (κ1) is 11.2. The van der Waals surface area contributed by atoms with E-state index in [1.165, 1.54) is 0 Å². The van der Waals surface area contributed by atoms with Gasteiger partial charge in [-0.15, -0.1) is 0 Å². The van der Waals surface area contributed by atoms with E-state index in [2.05, 4.69) is 13.8 Å². The van der Waals surface area contributed by atoms with Crippen LogP contribution in [0.2, 0.25) is 0 Å². The molecule has 0 amide bonds. The van der Waals surface area contributed by atoms with Crippen LogP contribution in [-0.4, -0.2) is 12.3 Å². The monoisotopic (exact) mass is 178 g/mol. The fourth-order valence-corrected chi connectivity index (χ4v) is 2.25. The molecule has 0 N–H and O–H groups in total. The van der Waals surface area contributed by atoms with E-state index in [0.717, 1.165) is 19.3 Å². The molecule has 0 fully saturated rings. The van der Waals surface area contributed by atoms with Gasteiger partial charge in [0, 0.05) is 5.66 Å². The maximum atomic E-state index is 11.3. The van der Waals surface area contributed by atoms with E-state index >= 15 is 0 Å².